The summed E-state index contributed by atoms with van der Waals surface area (Å²) in [6, 6.07) is 15.4. The summed E-state index contributed by atoms with van der Waals surface area (Å²) in [4.78, 5) is 0. The number of anilines is 2. The number of hydrogen-bond donors (Lipinski definition) is 4. The predicted molar refractivity (Wildman–Crippen MR) is 85.0 cm³/mol. The number of nitrogen functional groups attached to an aromatic ring is 2. The van der Waals surface area contributed by atoms with E-state index in [-0.39, 0.29) is 0 Å². The van der Waals surface area contributed by atoms with Crippen molar-refractivity contribution in [1.82, 2.24) is 0 Å². The van der Waals surface area contributed by atoms with Gasteiger partial charge in [0.1, 0.15) is 0 Å². The molecule has 0 heterocycles. The molecule has 0 aromatic heterocycles. The topological polar surface area (TPSA) is 104 Å². The molecule has 0 fully saturated rings. The van der Waals surface area contributed by atoms with Gasteiger partial charge in [0.2, 0.25) is 0 Å². The molecule has 4 heteroatoms. The molecule has 106 valence electrons. The lowest BCUT2D eigenvalue weighted by molar-refractivity contribution is 0.476. The van der Waals surface area contributed by atoms with Gasteiger partial charge in [0.25, 0.3) is 0 Å². The molecule has 0 aliphatic heterocycles. The van der Waals surface area contributed by atoms with E-state index in [4.69, 9.17) is 22.9 Å². The van der Waals surface area contributed by atoms with Gasteiger partial charge in [0.05, 0.1) is 5.54 Å². The van der Waals surface area contributed by atoms with E-state index in [1.54, 1.807) is 0 Å². The molecule has 2 aromatic rings. The molecule has 8 N–H and O–H groups in total. The third kappa shape index (κ3) is 2.92. The van der Waals surface area contributed by atoms with Crippen molar-refractivity contribution >= 4 is 11.4 Å². The Kier molecular flexibility index (Phi) is 4.27. The van der Waals surface area contributed by atoms with E-state index in [2.05, 4.69) is 0 Å². The summed E-state index contributed by atoms with van der Waals surface area (Å²) in [5, 5.41) is 0. The minimum atomic E-state index is -0.569. The van der Waals surface area contributed by atoms with Crippen LogP contribution in [0.4, 0.5) is 11.4 Å². The molecule has 0 saturated heterocycles. The van der Waals surface area contributed by atoms with Crippen LogP contribution < -0.4 is 22.9 Å². The monoisotopic (exact) mass is 270 g/mol. The Hall–Kier alpha value is -2.04. The Morgan fingerprint density at radius 1 is 0.750 bits per heavy atom. The molecule has 2 rings (SSSR count). The zero-order valence-electron chi connectivity index (χ0n) is 11.5. The first-order chi connectivity index (χ1) is 9.56. The summed E-state index contributed by atoms with van der Waals surface area (Å²) in [5.41, 5.74) is 26.8. The molecule has 4 nitrogen and oxygen atoms in total. The van der Waals surface area contributed by atoms with Crippen LogP contribution in [-0.2, 0) is 5.54 Å². The Morgan fingerprint density at radius 2 is 1.15 bits per heavy atom. The maximum Gasteiger partial charge on any atom is 0.0666 e. The van der Waals surface area contributed by atoms with Crippen LogP contribution in [0.1, 0.15) is 24.0 Å². The average molecular weight is 270 g/mol. The molecule has 0 bridgehead atoms. The molecule has 2 aromatic carbocycles. The molecule has 0 radical (unpaired) electrons. The average Bonchev–Trinajstić information content (AvgIpc) is 2.46. The van der Waals surface area contributed by atoms with Crippen LogP contribution >= 0.6 is 0 Å². The van der Waals surface area contributed by atoms with Crippen LogP contribution in [0, 0.1) is 0 Å². The van der Waals surface area contributed by atoms with E-state index >= 15 is 0 Å². The summed E-state index contributed by atoms with van der Waals surface area (Å²) >= 11 is 0. The standard InChI is InChI=1S/C16H22N4/c17-11-1-10-16(20,12-2-6-14(18)7-3-12)13-4-8-15(19)9-5-13/h2-9H,1,10-11,17-20H2. The molecule has 0 unspecified atom stereocenters. The molecule has 0 saturated carbocycles. The summed E-state index contributed by atoms with van der Waals surface area (Å²) in [6.07, 6.45) is 1.63. The van der Waals surface area contributed by atoms with Gasteiger partial charge >= 0.3 is 0 Å². The highest BCUT2D eigenvalue weighted by molar-refractivity contribution is 5.48. The Labute approximate surface area is 119 Å². The maximum atomic E-state index is 6.69. The molecule has 20 heavy (non-hydrogen) atoms. The summed E-state index contributed by atoms with van der Waals surface area (Å²) in [7, 11) is 0. The number of benzene rings is 2. The fourth-order valence-electron chi connectivity index (χ4n) is 2.40. The van der Waals surface area contributed by atoms with E-state index in [1.165, 1.54) is 0 Å². The van der Waals surface area contributed by atoms with Crippen molar-refractivity contribution in [2.24, 2.45) is 11.5 Å². The lowest BCUT2D eigenvalue weighted by Gasteiger charge is -2.31. The van der Waals surface area contributed by atoms with Gasteiger partial charge in [-0.2, -0.15) is 0 Å². The second kappa shape index (κ2) is 5.94. The third-order valence-corrected chi connectivity index (χ3v) is 3.63. The van der Waals surface area contributed by atoms with Gasteiger partial charge in [0.15, 0.2) is 0 Å². The van der Waals surface area contributed by atoms with Crippen LogP contribution in [0.5, 0.6) is 0 Å². The zero-order chi connectivity index (χ0) is 14.6. The van der Waals surface area contributed by atoms with Gasteiger partial charge < -0.3 is 22.9 Å². The summed E-state index contributed by atoms with van der Waals surface area (Å²) in [5.74, 6) is 0. The molecule has 0 amide bonds. The number of rotatable bonds is 5. The first-order valence-corrected chi connectivity index (χ1v) is 6.77. The lowest BCUT2D eigenvalue weighted by atomic mass is 9.80. The van der Waals surface area contributed by atoms with Crippen molar-refractivity contribution in [3.05, 3.63) is 59.7 Å². The normalized spacial score (nSPS) is 11.5. The smallest absolute Gasteiger partial charge is 0.0666 e. The predicted octanol–water partition coefficient (Wildman–Crippen LogP) is 1.79. The van der Waals surface area contributed by atoms with Gasteiger partial charge in [-0.15, -0.1) is 0 Å². The summed E-state index contributed by atoms with van der Waals surface area (Å²) < 4.78 is 0. The van der Waals surface area contributed by atoms with Crippen LogP contribution in [-0.4, -0.2) is 6.54 Å². The van der Waals surface area contributed by atoms with E-state index < -0.39 is 5.54 Å². The van der Waals surface area contributed by atoms with Gasteiger partial charge in [-0.1, -0.05) is 24.3 Å². The quantitative estimate of drug-likeness (QED) is 0.622. The second-order valence-corrected chi connectivity index (χ2v) is 5.11. The van der Waals surface area contributed by atoms with Crippen molar-refractivity contribution < 1.29 is 0 Å². The van der Waals surface area contributed by atoms with E-state index in [9.17, 15) is 0 Å². The highest BCUT2D eigenvalue weighted by Gasteiger charge is 2.28. The van der Waals surface area contributed by atoms with Crippen molar-refractivity contribution in [1.29, 1.82) is 0 Å². The molecule has 0 spiro atoms. The summed E-state index contributed by atoms with van der Waals surface area (Å²) in [6.45, 7) is 0.614. The van der Waals surface area contributed by atoms with Crippen LogP contribution in [0.2, 0.25) is 0 Å². The Morgan fingerprint density at radius 3 is 1.50 bits per heavy atom. The fraction of sp³-hybridized carbons (Fsp3) is 0.250. The van der Waals surface area contributed by atoms with Gasteiger partial charge in [-0.3, -0.25) is 0 Å². The highest BCUT2D eigenvalue weighted by Crippen LogP contribution is 2.32. The first-order valence-electron chi connectivity index (χ1n) is 6.77. The van der Waals surface area contributed by atoms with Crippen LogP contribution in [0.25, 0.3) is 0 Å². The highest BCUT2D eigenvalue weighted by atomic mass is 14.7. The van der Waals surface area contributed by atoms with Crippen molar-refractivity contribution in [2.75, 3.05) is 18.0 Å². The largest absolute Gasteiger partial charge is 0.399 e. The molecular formula is C16H22N4. The lowest BCUT2D eigenvalue weighted by Crippen LogP contribution is -2.38. The van der Waals surface area contributed by atoms with Crippen LogP contribution in [0.15, 0.2) is 48.5 Å². The van der Waals surface area contributed by atoms with E-state index in [0.717, 1.165) is 35.3 Å². The number of nitrogens with two attached hydrogens (primary N) is 4. The zero-order valence-corrected chi connectivity index (χ0v) is 11.5. The van der Waals surface area contributed by atoms with Crippen molar-refractivity contribution in [3.8, 4) is 0 Å². The van der Waals surface area contributed by atoms with Crippen molar-refractivity contribution in [2.45, 2.75) is 18.4 Å². The van der Waals surface area contributed by atoms with Gasteiger partial charge in [0, 0.05) is 11.4 Å². The molecular weight excluding hydrogens is 248 g/mol. The molecule has 0 aliphatic rings. The first kappa shape index (κ1) is 14.4. The van der Waals surface area contributed by atoms with Crippen molar-refractivity contribution in [3.63, 3.8) is 0 Å². The fourth-order valence-corrected chi connectivity index (χ4v) is 2.40. The Bertz CT molecular complexity index is 500. The molecule has 0 aliphatic carbocycles. The third-order valence-electron chi connectivity index (χ3n) is 3.63. The molecule has 0 atom stereocenters. The maximum absolute atomic E-state index is 6.69. The van der Waals surface area contributed by atoms with Gasteiger partial charge in [-0.25, -0.2) is 0 Å². The van der Waals surface area contributed by atoms with Gasteiger partial charge in [-0.05, 0) is 54.8 Å². The van der Waals surface area contributed by atoms with E-state index in [0.29, 0.717) is 6.54 Å². The number of hydrogen-bond acceptors (Lipinski definition) is 4. The van der Waals surface area contributed by atoms with Crippen LogP contribution in [0.3, 0.4) is 0 Å². The van der Waals surface area contributed by atoms with E-state index in [1.807, 2.05) is 48.5 Å². The second-order valence-electron chi connectivity index (χ2n) is 5.11. The minimum Gasteiger partial charge on any atom is -0.399 e. The SMILES string of the molecule is NCCCC(N)(c1ccc(N)cc1)c1ccc(N)cc1. The Balaban J connectivity index is 2.43. The minimum absolute atomic E-state index is 0.569.